The van der Waals surface area contributed by atoms with E-state index in [0.717, 1.165) is 12.2 Å². The molecule has 0 heterocycles. The highest BCUT2D eigenvalue weighted by Crippen LogP contribution is 2.20. The maximum Gasteiger partial charge on any atom is 0.291 e. The number of carbonyl (C=O) groups is 1. The van der Waals surface area contributed by atoms with Crippen molar-refractivity contribution in [2.45, 2.75) is 33.6 Å². The summed E-state index contributed by atoms with van der Waals surface area (Å²) in [6.07, 6.45) is 5.24. The fourth-order valence-electron chi connectivity index (χ4n) is 0.918. The average molecular weight is 253 g/mol. The Labute approximate surface area is 107 Å². The summed E-state index contributed by atoms with van der Waals surface area (Å²) in [6.45, 7) is 9.96. The van der Waals surface area contributed by atoms with Crippen LogP contribution >= 0.6 is 11.8 Å². The summed E-state index contributed by atoms with van der Waals surface area (Å²) < 4.78 is 0. The molecule has 0 radical (unpaired) electrons. The second-order valence-corrected chi connectivity index (χ2v) is 5.02. The number of carbonyl (C=O) groups excluding carboxylic acids is 1. The Balaban J connectivity index is 4.07. The lowest BCUT2D eigenvalue weighted by molar-refractivity contribution is -0.117. The van der Waals surface area contributed by atoms with Crippen molar-refractivity contribution in [3.8, 4) is 0 Å². The van der Waals surface area contributed by atoms with E-state index in [1.54, 1.807) is 0 Å². The van der Waals surface area contributed by atoms with Crippen molar-refractivity contribution in [3.05, 3.63) is 39.7 Å². The molecule has 0 rings (SSSR count). The minimum Gasteiger partial charge on any atom is -0.269 e. The molecule has 0 aliphatic heterocycles. The first-order valence-electron chi connectivity index (χ1n) is 5.49. The van der Waals surface area contributed by atoms with Crippen LogP contribution in [-0.4, -0.2) is 11.7 Å². The van der Waals surface area contributed by atoms with E-state index >= 15 is 0 Å². The van der Waals surface area contributed by atoms with Gasteiger partial charge < -0.3 is 0 Å². The monoisotopic (exact) mass is 253 g/mol. The predicted octanol–water partition coefficient (Wildman–Crippen LogP) is 4.22. The molecule has 0 aromatic carbocycles. The van der Waals surface area contributed by atoms with Crippen LogP contribution in [0.3, 0.4) is 0 Å². The van der Waals surface area contributed by atoms with Crippen molar-refractivity contribution < 1.29 is 4.79 Å². The van der Waals surface area contributed by atoms with Gasteiger partial charge in [-0.15, -0.1) is 16.7 Å². The van der Waals surface area contributed by atoms with E-state index < -0.39 is 5.91 Å². The molecule has 0 saturated heterocycles. The summed E-state index contributed by atoms with van der Waals surface area (Å²) >= 11 is 1.48. The molecule has 0 aromatic rings. The van der Waals surface area contributed by atoms with Crippen LogP contribution in [0.15, 0.2) is 40.0 Å². The van der Waals surface area contributed by atoms with E-state index in [1.807, 2.05) is 6.92 Å². The maximum absolute atomic E-state index is 10.7. The molecule has 3 nitrogen and oxygen atoms in total. The van der Waals surface area contributed by atoms with Crippen LogP contribution in [-0.2, 0) is 4.79 Å². The van der Waals surface area contributed by atoms with Crippen molar-refractivity contribution >= 4 is 17.7 Å². The molecule has 0 aliphatic carbocycles. The van der Waals surface area contributed by atoms with Crippen LogP contribution in [0, 0.1) is 4.91 Å². The highest BCUT2D eigenvalue weighted by molar-refractivity contribution is 8.03. The molecule has 0 aromatic heterocycles. The van der Waals surface area contributed by atoms with E-state index in [9.17, 15) is 9.70 Å². The van der Waals surface area contributed by atoms with Gasteiger partial charge in [-0.2, -0.15) is 0 Å². The standard InChI is InChI=1S/C13H19NO2S/c1-5-10(2)6-7-11(3)9-17-12(4)8-13(15)14-16/h6-7H,4-5,8-9H2,1-3H3/b10-6-,11-7-. The van der Waals surface area contributed by atoms with Crippen LogP contribution < -0.4 is 0 Å². The van der Waals surface area contributed by atoms with Gasteiger partial charge in [0.1, 0.15) is 0 Å². The topological polar surface area (TPSA) is 46.5 Å². The Morgan fingerprint density at radius 2 is 1.88 bits per heavy atom. The quantitative estimate of drug-likeness (QED) is 0.504. The molecule has 0 unspecified atom stereocenters. The summed E-state index contributed by atoms with van der Waals surface area (Å²) in [5, 5.41) is 2.34. The lowest BCUT2D eigenvalue weighted by Gasteiger charge is -2.02. The number of hydrogen-bond acceptors (Lipinski definition) is 3. The van der Waals surface area contributed by atoms with E-state index in [0.29, 0.717) is 4.91 Å². The van der Waals surface area contributed by atoms with Gasteiger partial charge in [0.25, 0.3) is 5.91 Å². The molecule has 0 aliphatic rings. The summed E-state index contributed by atoms with van der Waals surface area (Å²) in [7, 11) is 0. The van der Waals surface area contributed by atoms with Gasteiger partial charge in [-0.3, -0.25) is 4.79 Å². The number of amides is 1. The fourth-order valence-corrected chi connectivity index (χ4v) is 1.67. The largest absolute Gasteiger partial charge is 0.291 e. The second kappa shape index (κ2) is 8.93. The summed E-state index contributed by atoms with van der Waals surface area (Å²) in [5.41, 5.74) is 2.53. The fraction of sp³-hybridized carbons (Fsp3) is 0.462. The molecule has 0 N–H and O–H groups in total. The van der Waals surface area contributed by atoms with Gasteiger partial charge in [0.2, 0.25) is 0 Å². The van der Waals surface area contributed by atoms with Gasteiger partial charge in [-0.25, -0.2) is 0 Å². The van der Waals surface area contributed by atoms with Gasteiger partial charge in [0.15, 0.2) is 0 Å². The zero-order valence-electron chi connectivity index (χ0n) is 10.7. The first kappa shape index (κ1) is 15.8. The van der Waals surface area contributed by atoms with Crippen LogP contribution in [0.25, 0.3) is 0 Å². The third kappa shape index (κ3) is 8.63. The minimum atomic E-state index is -0.661. The van der Waals surface area contributed by atoms with Crippen LogP contribution in [0.1, 0.15) is 33.6 Å². The number of hydrogen-bond donors (Lipinski definition) is 0. The molecule has 0 atom stereocenters. The molecule has 0 spiro atoms. The minimum absolute atomic E-state index is 0.0330. The lowest BCUT2D eigenvalue weighted by atomic mass is 10.2. The van der Waals surface area contributed by atoms with Gasteiger partial charge in [0, 0.05) is 10.9 Å². The number of allylic oxidation sites excluding steroid dienone is 3. The normalized spacial score (nSPS) is 12.4. The molecule has 17 heavy (non-hydrogen) atoms. The molecule has 0 bridgehead atoms. The summed E-state index contributed by atoms with van der Waals surface area (Å²) in [6, 6.07) is 0. The highest BCUT2D eigenvalue weighted by atomic mass is 32.2. The Kier molecular flexibility index (Phi) is 8.32. The highest BCUT2D eigenvalue weighted by Gasteiger charge is 2.04. The zero-order chi connectivity index (χ0) is 13.3. The average Bonchev–Trinajstić information content (AvgIpc) is 2.32. The number of thioether (sulfide) groups is 1. The molecule has 0 fully saturated rings. The third-order valence-corrected chi connectivity index (χ3v) is 3.32. The van der Waals surface area contributed by atoms with Gasteiger partial charge in [0.05, 0.1) is 6.42 Å². The van der Waals surface area contributed by atoms with Crippen LogP contribution in [0.4, 0.5) is 0 Å². The number of nitroso groups, excluding NO2 is 1. The van der Waals surface area contributed by atoms with Gasteiger partial charge >= 0.3 is 0 Å². The van der Waals surface area contributed by atoms with Gasteiger partial charge in [-0.05, 0) is 25.2 Å². The van der Waals surface area contributed by atoms with Crippen LogP contribution in [0.5, 0.6) is 0 Å². The van der Waals surface area contributed by atoms with Crippen molar-refractivity contribution in [1.82, 2.24) is 0 Å². The number of nitrogens with zero attached hydrogens (tertiary/aromatic N) is 1. The Morgan fingerprint density at radius 3 is 2.41 bits per heavy atom. The van der Waals surface area contributed by atoms with Crippen molar-refractivity contribution in [1.29, 1.82) is 0 Å². The molecular weight excluding hydrogens is 234 g/mol. The molecule has 94 valence electrons. The van der Waals surface area contributed by atoms with Crippen molar-refractivity contribution in [2.24, 2.45) is 5.18 Å². The third-order valence-electron chi connectivity index (χ3n) is 2.16. The Morgan fingerprint density at radius 1 is 1.29 bits per heavy atom. The zero-order valence-corrected chi connectivity index (χ0v) is 11.5. The number of rotatable bonds is 7. The molecule has 4 heteroatoms. The molecular formula is C13H19NO2S. The predicted molar refractivity (Wildman–Crippen MR) is 74.8 cm³/mol. The first-order valence-corrected chi connectivity index (χ1v) is 6.47. The van der Waals surface area contributed by atoms with E-state index in [2.05, 4.69) is 37.8 Å². The van der Waals surface area contributed by atoms with Crippen molar-refractivity contribution in [2.75, 3.05) is 5.75 Å². The lowest BCUT2D eigenvalue weighted by Crippen LogP contribution is -1.92. The van der Waals surface area contributed by atoms with E-state index in [-0.39, 0.29) is 6.42 Å². The molecule has 1 amide bonds. The maximum atomic E-state index is 10.7. The molecule has 0 saturated carbocycles. The summed E-state index contributed by atoms with van der Waals surface area (Å²) in [5.74, 6) is 0.115. The first-order chi connectivity index (χ1) is 7.99. The smallest absolute Gasteiger partial charge is 0.269 e. The van der Waals surface area contributed by atoms with E-state index in [1.165, 1.54) is 22.9 Å². The Bertz CT molecular complexity index is 356. The van der Waals surface area contributed by atoms with E-state index in [4.69, 9.17) is 0 Å². The van der Waals surface area contributed by atoms with Crippen molar-refractivity contribution in [3.63, 3.8) is 0 Å². The SMILES string of the molecule is C=C(CC(=O)N=O)SC/C(C)=C\C=C(\C)CC. The van der Waals surface area contributed by atoms with Crippen LogP contribution in [0.2, 0.25) is 0 Å². The summed E-state index contributed by atoms with van der Waals surface area (Å²) in [4.78, 5) is 21.3. The Hall–Kier alpha value is -1.16. The van der Waals surface area contributed by atoms with Gasteiger partial charge in [-0.1, -0.05) is 36.8 Å². The second-order valence-electron chi connectivity index (χ2n) is 3.87.